The summed E-state index contributed by atoms with van der Waals surface area (Å²) < 4.78 is 5.79. The third-order valence-corrected chi connectivity index (χ3v) is 11.9. The zero-order chi connectivity index (χ0) is 28.7. The molecular formula is C32H46O7. The number of hydrogen-bond donors (Lipinski definition) is 4. The minimum Gasteiger partial charge on any atom is -0.389 e. The molecule has 0 radical (unpaired) electrons. The van der Waals surface area contributed by atoms with Crippen molar-refractivity contribution >= 4 is 5.78 Å². The van der Waals surface area contributed by atoms with Crippen molar-refractivity contribution in [3.63, 3.8) is 0 Å². The molecule has 4 aliphatic rings. The van der Waals surface area contributed by atoms with Gasteiger partial charge in [0.25, 0.3) is 0 Å². The fraction of sp³-hybridized carbons (Fsp3) is 0.719. The van der Waals surface area contributed by atoms with Crippen molar-refractivity contribution in [2.45, 2.75) is 97.2 Å². The van der Waals surface area contributed by atoms with E-state index in [1.807, 2.05) is 78.8 Å². The number of ketones is 1. The first kappa shape index (κ1) is 28.9. The Balaban J connectivity index is 1.65. The van der Waals surface area contributed by atoms with E-state index in [-0.39, 0.29) is 30.6 Å². The van der Waals surface area contributed by atoms with Gasteiger partial charge in [0.05, 0.1) is 18.3 Å². The number of fused-ring (bicyclic) bond motifs is 5. The number of rotatable bonds is 5. The van der Waals surface area contributed by atoms with E-state index in [0.717, 1.165) is 11.1 Å². The monoisotopic (exact) mass is 542 g/mol. The molecular weight excluding hydrogens is 496 g/mol. The Morgan fingerprint density at radius 2 is 1.77 bits per heavy atom. The molecule has 11 atom stereocenters. The minimum absolute atomic E-state index is 0.108. The number of carbonyl (C=O) groups is 1. The molecule has 2 bridgehead atoms. The smallest absolute Gasteiger partial charge is 0.172 e. The van der Waals surface area contributed by atoms with Gasteiger partial charge in [-0.2, -0.15) is 0 Å². The van der Waals surface area contributed by atoms with Crippen LogP contribution in [0.25, 0.3) is 0 Å². The van der Waals surface area contributed by atoms with Crippen molar-refractivity contribution in [2.24, 2.45) is 40.4 Å². The molecule has 0 amide bonds. The molecule has 216 valence electrons. The van der Waals surface area contributed by atoms with Crippen LogP contribution in [0.1, 0.15) is 66.9 Å². The number of carbonyl (C=O) groups excluding carboxylic acids is 1. The van der Waals surface area contributed by atoms with Gasteiger partial charge < -0.3 is 20.1 Å². The molecule has 3 fully saturated rings. The fourth-order valence-electron chi connectivity index (χ4n) is 9.40. The largest absolute Gasteiger partial charge is 0.389 e. The van der Waals surface area contributed by atoms with Crippen molar-refractivity contribution in [1.82, 2.24) is 0 Å². The van der Waals surface area contributed by atoms with E-state index in [4.69, 9.17) is 9.62 Å². The average molecular weight is 543 g/mol. The molecule has 5 rings (SSSR count). The number of Topliss-reactive ketones (excluding diaryl/α,β-unsaturated/α-hetero) is 1. The molecule has 0 spiro atoms. The SMILES string of the molecule is CC1=C2C(O)C(=O)[C@@]3(C)C(C(C)C(O)(CC1[C@H](OO)C(C)Cc1ccccc1)C2(C)C)[C@]1(O)COC1C[C@@H]3C. The molecule has 1 saturated heterocycles. The fourth-order valence-corrected chi connectivity index (χ4v) is 9.40. The van der Waals surface area contributed by atoms with Crippen LogP contribution in [0.15, 0.2) is 41.5 Å². The Bertz CT molecular complexity index is 1150. The van der Waals surface area contributed by atoms with Gasteiger partial charge in [-0.1, -0.05) is 77.4 Å². The first-order chi connectivity index (χ1) is 18.2. The summed E-state index contributed by atoms with van der Waals surface area (Å²) in [5.74, 6) is -2.16. The maximum Gasteiger partial charge on any atom is 0.172 e. The summed E-state index contributed by atoms with van der Waals surface area (Å²) in [5.41, 5.74) is -2.29. The molecule has 1 aliphatic heterocycles. The summed E-state index contributed by atoms with van der Waals surface area (Å²) in [6, 6.07) is 9.97. The number of aliphatic hydroxyl groups is 3. The summed E-state index contributed by atoms with van der Waals surface area (Å²) in [4.78, 5) is 19.6. The van der Waals surface area contributed by atoms with Crippen LogP contribution in [-0.4, -0.2) is 62.5 Å². The predicted octanol–water partition coefficient (Wildman–Crippen LogP) is 4.19. The highest BCUT2D eigenvalue weighted by atomic mass is 17.1. The lowest BCUT2D eigenvalue weighted by molar-refractivity contribution is -0.332. The van der Waals surface area contributed by atoms with Crippen molar-refractivity contribution < 1.29 is 35.0 Å². The molecule has 1 heterocycles. The normalized spacial score (nSPS) is 44.8. The van der Waals surface area contributed by atoms with Gasteiger partial charge in [0.2, 0.25) is 0 Å². The first-order valence-corrected chi connectivity index (χ1v) is 14.5. The molecule has 3 aliphatic carbocycles. The molecule has 39 heavy (non-hydrogen) atoms. The van der Waals surface area contributed by atoms with Gasteiger partial charge in [0.15, 0.2) is 5.78 Å². The zero-order valence-corrected chi connectivity index (χ0v) is 24.3. The molecule has 7 heteroatoms. The van der Waals surface area contributed by atoms with E-state index in [0.29, 0.717) is 18.4 Å². The van der Waals surface area contributed by atoms with Crippen molar-refractivity contribution in [3.8, 4) is 0 Å². The van der Waals surface area contributed by atoms with Crippen LogP contribution in [0.4, 0.5) is 0 Å². The van der Waals surface area contributed by atoms with Gasteiger partial charge in [-0.15, -0.1) is 0 Å². The molecule has 0 aromatic heterocycles. The van der Waals surface area contributed by atoms with E-state index in [2.05, 4.69) is 0 Å². The van der Waals surface area contributed by atoms with Crippen molar-refractivity contribution in [3.05, 3.63) is 47.0 Å². The number of benzene rings is 1. The molecule has 2 saturated carbocycles. The van der Waals surface area contributed by atoms with Gasteiger partial charge in [-0.25, -0.2) is 4.89 Å². The molecule has 7 nitrogen and oxygen atoms in total. The van der Waals surface area contributed by atoms with E-state index >= 15 is 0 Å². The Morgan fingerprint density at radius 3 is 2.33 bits per heavy atom. The summed E-state index contributed by atoms with van der Waals surface area (Å²) in [6.07, 6.45) is -1.07. The van der Waals surface area contributed by atoms with Crippen LogP contribution >= 0.6 is 0 Å². The average Bonchev–Trinajstić information content (AvgIpc) is 2.88. The minimum atomic E-state index is -1.44. The Labute approximate surface area is 232 Å². The van der Waals surface area contributed by atoms with Crippen molar-refractivity contribution in [2.75, 3.05) is 6.61 Å². The standard InChI is InChI=1S/C32H46O7/c1-17(13-21-11-9-8-10-12-21)26(39-37)22-15-32(36)20(4)27-30(7,18(2)14-23-31(27,35)16-38-23)28(34)25(33)24(19(22)3)29(32,5)6/h8-12,17-18,20,22-23,25-27,33,35-37H,13-16H2,1-7H3/t17?,18-,20?,22?,23?,25?,26+,27?,30+,31-,32?/m0/s1. The maximum atomic E-state index is 14.4. The van der Waals surface area contributed by atoms with Gasteiger partial charge in [-0.05, 0) is 55.1 Å². The summed E-state index contributed by atoms with van der Waals surface area (Å²) in [6.45, 7) is 13.6. The maximum absolute atomic E-state index is 14.4. The summed E-state index contributed by atoms with van der Waals surface area (Å²) in [5, 5.41) is 46.9. The summed E-state index contributed by atoms with van der Waals surface area (Å²) in [7, 11) is 0. The highest BCUT2D eigenvalue weighted by Crippen LogP contribution is 2.66. The lowest BCUT2D eigenvalue weighted by Gasteiger charge is -2.68. The highest BCUT2D eigenvalue weighted by Gasteiger charge is 2.73. The van der Waals surface area contributed by atoms with E-state index < -0.39 is 58.1 Å². The molecule has 1 aromatic carbocycles. The third kappa shape index (κ3) is 3.80. The Hall–Kier alpha value is -1.61. The number of hydrogen-bond acceptors (Lipinski definition) is 7. The third-order valence-electron chi connectivity index (χ3n) is 11.9. The van der Waals surface area contributed by atoms with E-state index in [1.165, 1.54) is 0 Å². The Morgan fingerprint density at radius 1 is 1.13 bits per heavy atom. The topological polar surface area (TPSA) is 116 Å². The van der Waals surface area contributed by atoms with E-state index in [1.54, 1.807) is 0 Å². The van der Waals surface area contributed by atoms with Gasteiger partial charge >= 0.3 is 0 Å². The first-order valence-electron chi connectivity index (χ1n) is 14.5. The van der Waals surface area contributed by atoms with Crippen molar-refractivity contribution in [1.29, 1.82) is 0 Å². The van der Waals surface area contributed by atoms with Crippen LogP contribution in [-0.2, 0) is 20.8 Å². The van der Waals surface area contributed by atoms with Gasteiger partial charge in [0, 0.05) is 22.7 Å². The van der Waals surface area contributed by atoms with Crippen LogP contribution in [0.2, 0.25) is 0 Å². The van der Waals surface area contributed by atoms with Crippen LogP contribution in [0.3, 0.4) is 0 Å². The molecule has 1 aromatic rings. The lowest BCUT2D eigenvalue weighted by Crippen LogP contribution is -2.77. The lowest BCUT2D eigenvalue weighted by atomic mass is 9.41. The second kappa shape index (κ2) is 9.47. The second-order valence-corrected chi connectivity index (χ2v) is 13.9. The highest BCUT2D eigenvalue weighted by molar-refractivity contribution is 5.93. The van der Waals surface area contributed by atoms with E-state index in [9.17, 15) is 25.4 Å². The zero-order valence-electron chi connectivity index (χ0n) is 24.3. The van der Waals surface area contributed by atoms with Crippen LogP contribution < -0.4 is 0 Å². The quantitative estimate of drug-likeness (QED) is 0.250. The van der Waals surface area contributed by atoms with Gasteiger partial charge in [-0.3, -0.25) is 10.1 Å². The molecule has 7 unspecified atom stereocenters. The van der Waals surface area contributed by atoms with Gasteiger partial charge in [0.1, 0.15) is 17.8 Å². The molecule has 4 N–H and O–H groups in total. The predicted molar refractivity (Wildman–Crippen MR) is 147 cm³/mol. The number of ether oxygens (including phenoxy) is 1. The number of aliphatic hydroxyl groups excluding tert-OH is 1. The van der Waals surface area contributed by atoms with Crippen LogP contribution in [0.5, 0.6) is 0 Å². The summed E-state index contributed by atoms with van der Waals surface area (Å²) >= 11 is 0. The Kier molecular flexibility index (Phi) is 7.01. The second-order valence-electron chi connectivity index (χ2n) is 13.9. The van der Waals surface area contributed by atoms with Crippen LogP contribution in [0, 0.1) is 40.4 Å².